The molecule has 3 aromatic carbocycles. The minimum Gasteiger partial charge on any atom is -0.444 e. The number of para-hydroxylation sites is 1. The fraction of sp³-hybridized carbons (Fsp3) is 0.382. The topological polar surface area (TPSA) is 87.7 Å². The Hall–Kier alpha value is -4.20. The largest absolute Gasteiger partial charge is 0.471 e. The summed E-state index contributed by atoms with van der Waals surface area (Å²) in [4.78, 5) is 10.8. The first-order valence-electron chi connectivity index (χ1n) is 15.7. The van der Waals surface area contributed by atoms with E-state index in [0.717, 1.165) is 55.9 Å². The molecule has 9 nitrogen and oxygen atoms in total. The molecule has 0 N–H and O–H groups in total. The summed E-state index contributed by atoms with van der Waals surface area (Å²) in [7, 11) is 0. The van der Waals surface area contributed by atoms with Gasteiger partial charge in [0.25, 0.3) is 5.79 Å². The number of ether oxygens (including phenoxy) is 3. The molecule has 2 fully saturated rings. The lowest BCUT2D eigenvalue weighted by molar-refractivity contribution is -0.159. The molecule has 48 heavy (non-hydrogen) atoms. The van der Waals surface area contributed by atoms with Crippen molar-refractivity contribution in [2.24, 2.45) is 0 Å². The minimum atomic E-state index is -4.72. The van der Waals surface area contributed by atoms with Crippen LogP contribution in [-0.2, 0) is 29.8 Å². The van der Waals surface area contributed by atoms with Crippen LogP contribution in [0.25, 0.3) is 22.4 Å². The van der Waals surface area contributed by atoms with E-state index in [2.05, 4.69) is 24.1 Å². The average molecular weight is 684 g/mol. The first-order valence-corrected chi connectivity index (χ1v) is 16.1. The summed E-state index contributed by atoms with van der Waals surface area (Å²) in [6, 6.07) is 15.5. The Bertz CT molecular complexity index is 2000. The van der Waals surface area contributed by atoms with E-state index in [9.17, 15) is 17.6 Å². The number of hydrogen-bond donors (Lipinski definition) is 0. The number of likely N-dealkylation sites (tertiary alicyclic amines) is 1. The first kappa shape index (κ1) is 31.1. The molecule has 2 aromatic heterocycles. The van der Waals surface area contributed by atoms with Crippen molar-refractivity contribution >= 4 is 22.6 Å². The molecule has 1 unspecified atom stereocenters. The predicted molar refractivity (Wildman–Crippen MR) is 166 cm³/mol. The van der Waals surface area contributed by atoms with Crippen molar-refractivity contribution in [2.45, 2.75) is 63.3 Å². The van der Waals surface area contributed by atoms with Crippen molar-refractivity contribution in [2.75, 3.05) is 19.7 Å². The Morgan fingerprint density at radius 2 is 1.81 bits per heavy atom. The Kier molecular flexibility index (Phi) is 7.61. The van der Waals surface area contributed by atoms with Crippen LogP contribution in [0.2, 0.25) is 5.02 Å². The van der Waals surface area contributed by atoms with Crippen molar-refractivity contribution in [3.63, 3.8) is 0 Å². The summed E-state index contributed by atoms with van der Waals surface area (Å²) in [5, 5.41) is 3.83. The molecule has 2 atom stereocenters. The number of piperidine rings is 1. The highest BCUT2D eigenvalue weighted by molar-refractivity contribution is 6.30. The Morgan fingerprint density at radius 3 is 2.52 bits per heavy atom. The molecule has 0 bridgehead atoms. The van der Waals surface area contributed by atoms with Crippen molar-refractivity contribution in [1.82, 2.24) is 24.6 Å². The molecule has 0 aliphatic carbocycles. The molecule has 3 aliphatic heterocycles. The van der Waals surface area contributed by atoms with Gasteiger partial charge in [0.05, 0.1) is 35.8 Å². The van der Waals surface area contributed by atoms with Crippen LogP contribution in [-0.4, -0.2) is 50.4 Å². The first-order chi connectivity index (χ1) is 23.0. The Labute approximate surface area is 277 Å². The van der Waals surface area contributed by atoms with Gasteiger partial charge in [-0.05, 0) is 80.7 Å². The zero-order valence-corrected chi connectivity index (χ0v) is 26.5. The fourth-order valence-corrected chi connectivity index (χ4v) is 6.93. The lowest BCUT2D eigenvalue weighted by Crippen LogP contribution is -2.35. The molecule has 0 radical (unpaired) electrons. The number of benzene rings is 3. The Morgan fingerprint density at radius 1 is 1.00 bits per heavy atom. The molecular weight excluding hydrogens is 654 g/mol. The molecule has 0 spiro atoms. The molecule has 5 heterocycles. The molecule has 0 saturated carbocycles. The summed E-state index contributed by atoms with van der Waals surface area (Å²) in [6.07, 6.45) is -1.97. The zero-order chi connectivity index (χ0) is 33.2. The van der Waals surface area contributed by atoms with Gasteiger partial charge in [0.1, 0.15) is 11.6 Å². The van der Waals surface area contributed by atoms with Crippen LogP contribution in [0.1, 0.15) is 54.9 Å². The molecule has 2 saturated heterocycles. The number of aromatic nitrogens is 4. The van der Waals surface area contributed by atoms with Gasteiger partial charge in [0, 0.05) is 29.7 Å². The van der Waals surface area contributed by atoms with E-state index in [-0.39, 0.29) is 23.4 Å². The maximum Gasteiger partial charge on any atom is 0.471 e. The van der Waals surface area contributed by atoms with E-state index in [1.54, 1.807) is 31.2 Å². The van der Waals surface area contributed by atoms with Gasteiger partial charge in [-0.25, -0.2) is 9.37 Å². The van der Waals surface area contributed by atoms with E-state index in [1.165, 1.54) is 6.07 Å². The number of imidazole rings is 1. The highest BCUT2D eigenvalue weighted by Gasteiger charge is 2.43. The van der Waals surface area contributed by atoms with Gasteiger partial charge in [-0.2, -0.15) is 18.2 Å². The van der Waals surface area contributed by atoms with E-state index >= 15 is 0 Å². The maximum atomic E-state index is 14.9. The van der Waals surface area contributed by atoms with E-state index in [0.29, 0.717) is 40.7 Å². The van der Waals surface area contributed by atoms with Crippen LogP contribution < -0.4 is 9.47 Å². The van der Waals surface area contributed by atoms with Gasteiger partial charge >= 0.3 is 12.1 Å². The van der Waals surface area contributed by atoms with E-state index in [4.69, 9.17) is 30.8 Å². The third-order valence-electron chi connectivity index (χ3n) is 9.36. The molecule has 3 aliphatic rings. The van der Waals surface area contributed by atoms with Gasteiger partial charge < -0.3 is 23.3 Å². The monoisotopic (exact) mass is 683 g/mol. The van der Waals surface area contributed by atoms with Gasteiger partial charge in [0.2, 0.25) is 5.82 Å². The summed E-state index contributed by atoms with van der Waals surface area (Å²) in [5.41, 5.74) is 3.18. The highest BCUT2D eigenvalue weighted by Crippen LogP contribution is 2.50. The second-order valence-electron chi connectivity index (χ2n) is 12.5. The molecule has 5 aromatic rings. The molecule has 250 valence electrons. The number of rotatable bonds is 7. The third kappa shape index (κ3) is 5.67. The smallest absolute Gasteiger partial charge is 0.444 e. The molecular formula is C34H30ClF4N5O4. The third-order valence-corrected chi connectivity index (χ3v) is 9.59. The number of hydrogen-bond acceptors (Lipinski definition) is 8. The number of fused-ring (bicyclic) bond motifs is 2. The van der Waals surface area contributed by atoms with E-state index < -0.39 is 23.7 Å². The fourth-order valence-electron chi connectivity index (χ4n) is 6.77. The van der Waals surface area contributed by atoms with Crippen molar-refractivity contribution < 1.29 is 36.3 Å². The van der Waals surface area contributed by atoms with Crippen molar-refractivity contribution in [3.8, 4) is 22.9 Å². The predicted octanol–water partition coefficient (Wildman–Crippen LogP) is 7.71. The Balaban J connectivity index is 0.998. The van der Waals surface area contributed by atoms with Crippen molar-refractivity contribution in [1.29, 1.82) is 0 Å². The standard InChI is InChI=1S/C34H30ClF4N5O4/c1-33(24-7-6-21(35)16-25(24)36)46-28-4-2-3-23(30(28)47-33)19-9-12-43(13-10-19)18-29-40-26-15-20(31-41-32(48-42-31)34(37,38)39)5-8-27(26)44(29)17-22-11-14-45-22/h2-8,15-16,19,22H,9-14,17-18H2,1H3/t22-,33?/m0/s1. The SMILES string of the molecule is CC1(c2ccc(Cl)cc2F)Oc2cccc(C3CCN(Cc4nc5cc(-c6noc(C(F)(F)F)n6)ccc5n4C[C@@H]4CCO4)CC3)c2O1. The van der Waals surface area contributed by atoms with Crippen LogP contribution in [0.3, 0.4) is 0 Å². The molecule has 8 rings (SSSR count). The van der Waals surface area contributed by atoms with Gasteiger partial charge in [-0.15, -0.1) is 0 Å². The summed E-state index contributed by atoms with van der Waals surface area (Å²) < 4.78 is 78.8. The van der Waals surface area contributed by atoms with Crippen LogP contribution in [0.4, 0.5) is 17.6 Å². The van der Waals surface area contributed by atoms with E-state index in [1.807, 2.05) is 24.3 Å². The highest BCUT2D eigenvalue weighted by atomic mass is 35.5. The number of alkyl halides is 3. The zero-order valence-electron chi connectivity index (χ0n) is 25.8. The lowest BCUT2D eigenvalue weighted by atomic mass is 9.88. The second kappa shape index (κ2) is 11.7. The van der Waals surface area contributed by atoms with Crippen LogP contribution in [0, 0.1) is 5.82 Å². The summed E-state index contributed by atoms with van der Waals surface area (Å²) >= 11 is 5.98. The van der Waals surface area contributed by atoms with Gasteiger partial charge in [-0.1, -0.05) is 28.9 Å². The quantitative estimate of drug-likeness (QED) is 0.161. The molecule has 0 amide bonds. The number of halogens is 5. The normalized spacial score (nSPS) is 21.6. The minimum absolute atomic E-state index is 0.0764. The summed E-state index contributed by atoms with van der Waals surface area (Å²) in [6.45, 7) is 5.24. The molecule has 14 heteroatoms. The van der Waals surface area contributed by atoms with Crippen LogP contribution >= 0.6 is 11.6 Å². The average Bonchev–Trinajstić information content (AvgIpc) is 3.74. The number of nitrogens with zero attached hydrogens (tertiary/aromatic N) is 5. The van der Waals surface area contributed by atoms with Crippen LogP contribution in [0.15, 0.2) is 59.1 Å². The summed E-state index contributed by atoms with van der Waals surface area (Å²) in [5.74, 6) is -1.09. The lowest BCUT2D eigenvalue weighted by Gasteiger charge is -2.33. The van der Waals surface area contributed by atoms with Gasteiger partial charge in [0.15, 0.2) is 11.5 Å². The van der Waals surface area contributed by atoms with Crippen LogP contribution in [0.5, 0.6) is 11.5 Å². The maximum absolute atomic E-state index is 14.9. The second-order valence-corrected chi connectivity index (χ2v) is 13.0. The van der Waals surface area contributed by atoms with Crippen molar-refractivity contribution in [3.05, 3.63) is 88.3 Å². The van der Waals surface area contributed by atoms with Gasteiger partial charge in [-0.3, -0.25) is 4.90 Å².